The number of benzene rings is 2. The topological polar surface area (TPSA) is 74.0 Å². The van der Waals surface area contributed by atoms with Crippen LogP contribution in [0.25, 0.3) is 10.9 Å². The van der Waals surface area contributed by atoms with E-state index in [0.717, 1.165) is 18.4 Å². The molecule has 0 bridgehead atoms. The minimum atomic E-state index is -1.41. The van der Waals surface area contributed by atoms with Crippen molar-refractivity contribution < 1.29 is 14.0 Å². The third-order valence-electron chi connectivity index (χ3n) is 4.86. The van der Waals surface area contributed by atoms with Crippen molar-refractivity contribution in [2.45, 2.75) is 25.1 Å². The lowest BCUT2D eigenvalue weighted by molar-refractivity contribution is 0.0948. The molecule has 6 heteroatoms. The summed E-state index contributed by atoms with van der Waals surface area (Å²) in [4.78, 5) is 27.3. The van der Waals surface area contributed by atoms with Crippen LogP contribution in [0.1, 0.15) is 50.9 Å². The largest absolute Gasteiger partial charge is 0.360 e. The van der Waals surface area contributed by atoms with E-state index in [4.69, 9.17) is 0 Å². The van der Waals surface area contributed by atoms with E-state index in [2.05, 4.69) is 15.6 Å². The molecular weight excluding hydrogens is 345 g/mol. The van der Waals surface area contributed by atoms with Crippen LogP contribution >= 0.6 is 0 Å². The zero-order valence-electron chi connectivity index (χ0n) is 14.9. The van der Waals surface area contributed by atoms with Gasteiger partial charge in [0.2, 0.25) is 0 Å². The Bertz CT molecular complexity index is 1010. The van der Waals surface area contributed by atoms with Crippen LogP contribution in [-0.4, -0.2) is 29.9 Å². The number of H-pyrrole nitrogens is 1. The molecular formula is C21H20FN3O2. The predicted molar refractivity (Wildman–Crippen MR) is 102 cm³/mol. The fraction of sp³-hybridized carbons (Fsp3) is 0.238. The molecule has 1 aliphatic rings. The number of aromatic amines is 1. The fourth-order valence-electron chi connectivity index (χ4n) is 3.22. The van der Waals surface area contributed by atoms with Gasteiger partial charge >= 0.3 is 0 Å². The van der Waals surface area contributed by atoms with Crippen LogP contribution in [-0.2, 0) is 0 Å². The second-order valence-corrected chi connectivity index (χ2v) is 6.78. The van der Waals surface area contributed by atoms with Gasteiger partial charge in [0, 0.05) is 41.3 Å². The van der Waals surface area contributed by atoms with Crippen LogP contribution in [0, 0.1) is 0 Å². The van der Waals surface area contributed by atoms with Crippen molar-refractivity contribution in [3.63, 3.8) is 0 Å². The fourth-order valence-corrected chi connectivity index (χ4v) is 3.22. The molecule has 1 aromatic heterocycles. The number of rotatable bonds is 5. The molecule has 1 heterocycles. The van der Waals surface area contributed by atoms with Gasteiger partial charge in [0.1, 0.15) is 0 Å². The van der Waals surface area contributed by atoms with Crippen molar-refractivity contribution >= 4 is 22.7 Å². The Labute approximate surface area is 156 Å². The minimum absolute atomic E-state index is 0.182. The van der Waals surface area contributed by atoms with Crippen LogP contribution < -0.4 is 10.6 Å². The maximum absolute atomic E-state index is 15.4. The monoisotopic (exact) mass is 365 g/mol. The normalized spacial score (nSPS) is 14.7. The lowest BCUT2D eigenvalue weighted by Gasteiger charge is -2.12. The molecule has 0 aliphatic heterocycles. The van der Waals surface area contributed by atoms with Crippen LogP contribution in [0.3, 0.4) is 0 Å². The maximum Gasteiger partial charge on any atom is 0.253 e. The summed E-state index contributed by atoms with van der Waals surface area (Å²) in [6.45, 7) is 0. The Balaban J connectivity index is 1.70. The van der Waals surface area contributed by atoms with Crippen molar-refractivity contribution in [1.29, 1.82) is 0 Å². The predicted octanol–water partition coefficient (Wildman–Crippen LogP) is 3.48. The first-order chi connectivity index (χ1) is 13.1. The number of hydrogen-bond acceptors (Lipinski definition) is 2. The van der Waals surface area contributed by atoms with Gasteiger partial charge < -0.3 is 15.6 Å². The molecule has 4 rings (SSSR count). The van der Waals surface area contributed by atoms with Gasteiger partial charge in [-0.05, 0) is 36.6 Å². The molecule has 2 amide bonds. The maximum atomic E-state index is 15.4. The van der Waals surface area contributed by atoms with E-state index in [1.54, 1.807) is 49.6 Å². The molecule has 1 fully saturated rings. The van der Waals surface area contributed by atoms with E-state index in [-0.39, 0.29) is 17.9 Å². The number of alkyl halides is 1. The zero-order chi connectivity index (χ0) is 19.0. The Morgan fingerprint density at radius 2 is 1.85 bits per heavy atom. The zero-order valence-corrected chi connectivity index (χ0v) is 14.9. The Hall–Kier alpha value is -3.15. The van der Waals surface area contributed by atoms with E-state index in [1.807, 2.05) is 6.07 Å². The molecule has 3 N–H and O–H groups in total. The third-order valence-corrected chi connectivity index (χ3v) is 4.86. The SMILES string of the molecule is CNC(=O)c1ccc(C(F)c2cccc3[nH]cc(C(=O)NC4CC4)c23)cc1. The number of carbonyl (C=O) groups is 2. The van der Waals surface area contributed by atoms with Gasteiger partial charge in [-0.25, -0.2) is 4.39 Å². The number of amides is 2. The summed E-state index contributed by atoms with van der Waals surface area (Å²) in [5, 5.41) is 6.09. The van der Waals surface area contributed by atoms with E-state index in [1.165, 1.54) is 0 Å². The van der Waals surface area contributed by atoms with Gasteiger partial charge in [-0.15, -0.1) is 0 Å². The Morgan fingerprint density at radius 3 is 2.52 bits per heavy atom. The average Bonchev–Trinajstić information content (AvgIpc) is 3.40. The van der Waals surface area contributed by atoms with Crippen LogP contribution in [0.4, 0.5) is 4.39 Å². The number of carbonyl (C=O) groups excluding carboxylic acids is 2. The molecule has 27 heavy (non-hydrogen) atoms. The van der Waals surface area contributed by atoms with Gasteiger partial charge in [0.25, 0.3) is 11.8 Å². The summed E-state index contributed by atoms with van der Waals surface area (Å²) in [5.74, 6) is -0.401. The first kappa shape index (κ1) is 17.3. The number of fused-ring (bicyclic) bond motifs is 1. The van der Waals surface area contributed by atoms with Gasteiger partial charge in [-0.1, -0.05) is 24.3 Å². The van der Waals surface area contributed by atoms with Crippen molar-refractivity contribution in [1.82, 2.24) is 15.6 Å². The Morgan fingerprint density at radius 1 is 1.11 bits per heavy atom. The van der Waals surface area contributed by atoms with E-state index >= 15 is 4.39 Å². The quantitative estimate of drug-likeness (QED) is 0.648. The summed E-state index contributed by atoms with van der Waals surface area (Å²) < 4.78 is 15.4. The van der Waals surface area contributed by atoms with Crippen LogP contribution in [0.15, 0.2) is 48.7 Å². The molecule has 2 aromatic carbocycles. The van der Waals surface area contributed by atoms with Crippen LogP contribution in [0.2, 0.25) is 0 Å². The lowest BCUT2D eigenvalue weighted by Crippen LogP contribution is -2.25. The van der Waals surface area contributed by atoms with E-state index in [9.17, 15) is 9.59 Å². The number of halogens is 1. The summed E-state index contributed by atoms with van der Waals surface area (Å²) in [6.07, 6.45) is 2.21. The number of nitrogens with one attached hydrogen (secondary N) is 3. The second-order valence-electron chi connectivity index (χ2n) is 6.78. The third kappa shape index (κ3) is 3.30. The summed E-state index contributed by atoms with van der Waals surface area (Å²) in [6, 6.07) is 11.9. The molecule has 1 atom stereocenters. The first-order valence-electron chi connectivity index (χ1n) is 8.95. The highest BCUT2D eigenvalue weighted by atomic mass is 19.1. The summed E-state index contributed by atoms with van der Waals surface area (Å²) in [5.41, 5.74) is 2.51. The summed E-state index contributed by atoms with van der Waals surface area (Å²) >= 11 is 0. The molecule has 5 nitrogen and oxygen atoms in total. The molecule has 0 spiro atoms. The lowest BCUT2D eigenvalue weighted by atomic mass is 9.96. The minimum Gasteiger partial charge on any atom is -0.360 e. The highest BCUT2D eigenvalue weighted by Crippen LogP contribution is 2.34. The van der Waals surface area contributed by atoms with Gasteiger partial charge in [-0.3, -0.25) is 9.59 Å². The molecule has 1 aliphatic carbocycles. The van der Waals surface area contributed by atoms with Crippen molar-refractivity contribution in [2.75, 3.05) is 7.05 Å². The van der Waals surface area contributed by atoms with Crippen molar-refractivity contribution in [3.05, 3.63) is 70.9 Å². The molecule has 138 valence electrons. The Kier molecular flexibility index (Phi) is 4.39. The summed E-state index contributed by atoms with van der Waals surface area (Å²) in [7, 11) is 1.55. The smallest absolute Gasteiger partial charge is 0.253 e. The molecule has 3 aromatic rings. The molecule has 0 saturated heterocycles. The van der Waals surface area contributed by atoms with E-state index < -0.39 is 6.17 Å². The van der Waals surface area contributed by atoms with Crippen molar-refractivity contribution in [2.24, 2.45) is 0 Å². The number of aromatic nitrogens is 1. The molecule has 1 unspecified atom stereocenters. The van der Waals surface area contributed by atoms with Gasteiger partial charge in [0.05, 0.1) is 5.56 Å². The number of hydrogen-bond donors (Lipinski definition) is 3. The van der Waals surface area contributed by atoms with Gasteiger partial charge in [-0.2, -0.15) is 0 Å². The van der Waals surface area contributed by atoms with Crippen LogP contribution in [0.5, 0.6) is 0 Å². The highest BCUT2D eigenvalue weighted by Gasteiger charge is 2.26. The standard InChI is InChI=1S/C21H20FN3O2/c1-23-20(26)13-7-5-12(6-8-13)19(22)15-3-2-4-17-18(15)16(11-24-17)21(27)25-14-9-10-14/h2-8,11,14,19,24H,9-10H2,1H3,(H,23,26)(H,25,27). The molecule has 0 radical (unpaired) electrons. The first-order valence-corrected chi connectivity index (χ1v) is 8.95. The van der Waals surface area contributed by atoms with Crippen molar-refractivity contribution in [3.8, 4) is 0 Å². The highest BCUT2D eigenvalue weighted by molar-refractivity contribution is 6.08. The molecule has 1 saturated carbocycles. The average molecular weight is 365 g/mol. The van der Waals surface area contributed by atoms with E-state index in [0.29, 0.717) is 27.6 Å². The second kappa shape index (κ2) is 6.87. The van der Waals surface area contributed by atoms with Gasteiger partial charge in [0.15, 0.2) is 6.17 Å².